The summed E-state index contributed by atoms with van der Waals surface area (Å²) in [4.78, 5) is 12.8. The van der Waals surface area contributed by atoms with E-state index in [-0.39, 0.29) is 17.2 Å². The molecule has 0 aliphatic carbocycles. The maximum absolute atomic E-state index is 12.8. The second-order valence-corrected chi connectivity index (χ2v) is 9.05. The summed E-state index contributed by atoms with van der Waals surface area (Å²) in [6.07, 6.45) is 1.95. The number of halogens is 1. The Kier molecular flexibility index (Phi) is 7.81. The number of carbonyl (C=O) groups is 1. The van der Waals surface area contributed by atoms with Crippen LogP contribution in [0.2, 0.25) is 0 Å². The van der Waals surface area contributed by atoms with Gasteiger partial charge in [-0.15, -0.1) is 0 Å². The summed E-state index contributed by atoms with van der Waals surface area (Å²) in [7, 11) is 1.57. The van der Waals surface area contributed by atoms with Gasteiger partial charge < -0.3 is 24.7 Å². The molecule has 1 heterocycles. The zero-order valence-electron chi connectivity index (χ0n) is 19.9. The Morgan fingerprint density at radius 1 is 1.11 bits per heavy atom. The van der Waals surface area contributed by atoms with E-state index in [4.69, 9.17) is 24.7 Å². The highest BCUT2D eigenvalue weighted by Crippen LogP contribution is 2.46. The van der Waals surface area contributed by atoms with E-state index in [9.17, 15) is 10.1 Å². The van der Waals surface area contributed by atoms with Crippen LogP contribution < -0.4 is 24.7 Å². The van der Waals surface area contributed by atoms with Gasteiger partial charge >= 0.3 is 5.97 Å². The van der Waals surface area contributed by atoms with E-state index in [1.807, 2.05) is 18.2 Å². The van der Waals surface area contributed by atoms with Crippen molar-refractivity contribution in [2.75, 3.05) is 13.7 Å². The summed E-state index contributed by atoms with van der Waals surface area (Å²) in [6, 6.07) is 19.6. The molecule has 2 N–H and O–H groups in total. The number of nitriles is 1. The molecule has 1 atom stereocenters. The third-order valence-electron chi connectivity index (χ3n) is 5.74. The number of nitrogens with zero attached hydrogens (tertiary/aromatic N) is 1. The molecule has 0 spiro atoms. The van der Waals surface area contributed by atoms with E-state index in [1.54, 1.807) is 49.6 Å². The quantitative estimate of drug-likeness (QED) is 0.207. The van der Waals surface area contributed by atoms with Gasteiger partial charge in [0, 0.05) is 21.7 Å². The van der Waals surface area contributed by atoms with E-state index in [0.717, 1.165) is 22.9 Å². The van der Waals surface area contributed by atoms with Gasteiger partial charge in [-0.1, -0.05) is 41.4 Å². The van der Waals surface area contributed by atoms with E-state index < -0.39 is 11.9 Å². The second kappa shape index (κ2) is 11.2. The number of methoxy groups -OCH3 is 1. The molecule has 0 saturated carbocycles. The van der Waals surface area contributed by atoms with Crippen LogP contribution in [0.5, 0.6) is 23.0 Å². The second-order valence-electron chi connectivity index (χ2n) is 8.13. The monoisotopic (exact) mass is 548 g/mol. The third-order valence-corrected chi connectivity index (χ3v) is 6.23. The first-order valence-corrected chi connectivity index (χ1v) is 12.2. The van der Waals surface area contributed by atoms with Gasteiger partial charge in [-0.3, -0.25) is 0 Å². The van der Waals surface area contributed by atoms with Crippen LogP contribution in [0.15, 0.2) is 76.6 Å². The fraction of sp³-hybridized carbons (Fsp3) is 0.214. The molecule has 7 nitrogen and oxygen atoms in total. The first-order chi connectivity index (χ1) is 17.4. The molecule has 0 amide bonds. The molecular weight excluding hydrogens is 524 g/mol. The topological polar surface area (TPSA) is 104 Å². The van der Waals surface area contributed by atoms with Crippen LogP contribution in [0.1, 0.15) is 47.2 Å². The van der Waals surface area contributed by atoms with Crippen LogP contribution in [-0.4, -0.2) is 19.7 Å². The minimum Gasteiger partial charge on any atom is -0.496 e. The third kappa shape index (κ3) is 5.31. The average molecular weight is 549 g/mol. The number of rotatable bonds is 8. The molecule has 4 rings (SSSR count). The molecule has 36 heavy (non-hydrogen) atoms. The summed E-state index contributed by atoms with van der Waals surface area (Å²) < 4.78 is 23.4. The Labute approximate surface area is 218 Å². The zero-order chi connectivity index (χ0) is 25.7. The molecule has 0 saturated heterocycles. The smallest absolute Gasteiger partial charge is 0.343 e. The van der Waals surface area contributed by atoms with Crippen molar-refractivity contribution < 1.29 is 23.7 Å². The van der Waals surface area contributed by atoms with E-state index in [1.165, 1.54) is 0 Å². The summed E-state index contributed by atoms with van der Waals surface area (Å²) in [5.41, 5.74) is 8.21. The van der Waals surface area contributed by atoms with Gasteiger partial charge in [0.2, 0.25) is 5.88 Å². The van der Waals surface area contributed by atoms with Gasteiger partial charge in [0.1, 0.15) is 34.6 Å². The van der Waals surface area contributed by atoms with E-state index >= 15 is 0 Å². The number of ether oxygens (including phenoxy) is 4. The van der Waals surface area contributed by atoms with Crippen LogP contribution >= 0.6 is 15.9 Å². The molecule has 3 aromatic carbocycles. The van der Waals surface area contributed by atoms with Crippen molar-refractivity contribution in [2.45, 2.75) is 25.7 Å². The van der Waals surface area contributed by atoms with E-state index in [2.05, 4.69) is 28.9 Å². The molecule has 8 heteroatoms. The number of allylic oxidation sites excluding steroid dienone is 1. The largest absolute Gasteiger partial charge is 0.496 e. The molecule has 1 unspecified atom stereocenters. The lowest BCUT2D eigenvalue weighted by molar-refractivity contribution is 0.0734. The van der Waals surface area contributed by atoms with E-state index in [0.29, 0.717) is 35.0 Å². The number of hydrogen-bond donors (Lipinski definition) is 1. The van der Waals surface area contributed by atoms with Crippen LogP contribution in [-0.2, 0) is 0 Å². The standard InChI is InChI=1S/C28H25BrN2O5/c1-3-4-12-34-19-7-5-6-17(13-19)28(32)35-20-9-10-21-25(15-20)36-27(31)23(16-30)26(21)22-14-18(29)8-11-24(22)33-2/h5-11,13-15,26H,3-4,12,31H2,1-2H3. The molecule has 0 fully saturated rings. The highest BCUT2D eigenvalue weighted by molar-refractivity contribution is 9.10. The molecule has 3 aromatic rings. The number of fused-ring (bicyclic) bond motifs is 1. The number of hydrogen-bond acceptors (Lipinski definition) is 7. The highest BCUT2D eigenvalue weighted by atomic mass is 79.9. The lowest BCUT2D eigenvalue weighted by Gasteiger charge is -2.27. The predicted octanol–water partition coefficient (Wildman–Crippen LogP) is 6.07. The van der Waals surface area contributed by atoms with Crippen LogP contribution in [0, 0.1) is 11.3 Å². The predicted molar refractivity (Wildman–Crippen MR) is 138 cm³/mol. The summed E-state index contributed by atoms with van der Waals surface area (Å²) in [6.45, 7) is 2.67. The average Bonchev–Trinajstić information content (AvgIpc) is 2.88. The van der Waals surface area contributed by atoms with Gasteiger partial charge in [-0.2, -0.15) is 5.26 Å². The number of benzene rings is 3. The minimum absolute atomic E-state index is 0.0163. The minimum atomic E-state index is -0.530. The molecule has 1 aliphatic rings. The number of unbranched alkanes of at least 4 members (excludes halogenated alkanes) is 1. The fourth-order valence-corrected chi connectivity index (χ4v) is 4.34. The number of carbonyl (C=O) groups excluding carboxylic acids is 1. The van der Waals surface area contributed by atoms with Crippen LogP contribution in [0.3, 0.4) is 0 Å². The molecular formula is C28H25BrN2O5. The van der Waals surface area contributed by atoms with Crippen molar-refractivity contribution in [3.05, 3.63) is 93.3 Å². The van der Waals surface area contributed by atoms with Crippen molar-refractivity contribution in [1.29, 1.82) is 5.26 Å². The van der Waals surface area contributed by atoms with Crippen molar-refractivity contribution in [2.24, 2.45) is 5.73 Å². The Hall–Kier alpha value is -3.96. The number of esters is 1. The highest BCUT2D eigenvalue weighted by Gasteiger charge is 2.33. The molecule has 0 radical (unpaired) electrons. The zero-order valence-corrected chi connectivity index (χ0v) is 21.5. The maximum Gasteiger partial charge on any atom is 0.343 e. The van der Waals surface area contributed by atoms with Crippen molar-refractivity contribution in [3.8, 4) is 29.1 Å². The first-order valence-electron chi connectivity index (χ1n) is 11.4. The SMILES string of the molecule is CCCCOc1cccc(C(=O)Oc2ccc3c(c2)OC(N)=C(C#N)C3c2cc(Br)ccc2OC)c1. The lowest BCUT2D eigenvalue weighted by Crippen LogP contribution is -2.21. The summed E-state index contributed by atoms with van der Waals surface area (Å²) in [5, 5.41) is 9.84. The van der Waals surface area contributed by atoms with Gasteiger partial charge in [0.05, 0.1) is 25.2 Å². The fourth-order valence-electron chi connectivity index (χ4n) is 3.96. The van der Waals surface area contributed by atoms with Gasteiger partial charge in [-0.25, -0.2) is 4.79 Å². The van der Waals surface area contributed by atoms with Gasteiger partial charge in [-0.05, 0) is 48.9 Å². The Morgan fingerprint density at radius 3 is 2.69 bits per heavy atom. The van der Waals surface area contributed by atoms with Crippen molar-refractivity contribution >= 4 is 21.9 Å². The molecule has 0 bridgehead atoms. The normalized spacial score (nSPS) is 14.3. The van der Waals surface area contributed by atoms with Crippen LogP contribution in [0.4, 0.5) is 0 Å². The molecule has 1 aliphatic heterocycles. The van der Waals surface area contributed by atoms with Gasteiger partial charge in [0.25, 0.3) is 0 Å². The summed E-state index contributed by atoms with van der Waals surface area (Å²) in [5.74, 6) is 0.820. The van der Waals surface area contributed by atoms with Crippen molar-refractivity contribution in [1.82, 2.24) is 0 Å². The van der Waals surface area contributed by atoms with Crippen LogP contribution in [0.25, 0.3) is 0 Å². The van der Waals surface area contributed by atoms with Gasteiger partial charge in [0.15, 0.2) is 0 Å². The van der Waals surface area contributed by atoms with Crippen molar-refractivity contribution in [3.63, 3.8) is 0 Å². The Bertz CT molecular complexity index is 1360. The number of nitrogens with two attached hydrogens (primary N) is 1. The summed E-state index contributed by atoms with van der Waals surface area (Å²) >= 11 is 3.49. The molecule has 184 valence electrons. The lowest BCUT2D eigenvalue weighted by atomic mass is 9.83. The first kappa shape index (κ1) is 25.1. The maximum atomic E-state index is 12.8. The molecule has 0 aromatic heterocycles. The Balaban J connectivity index is 1.63. The Morgan fingerprint density at radius 2 is 1.94 bits per heavy atom.